The fourth-order valence-electron chi connectivity index (χ4n) is 3.55. The van der Waals surface area contributed by atoms with Crippen LogP contribution in [0.15, 0.2) is 65.9 Å². The van der Waals surface area contributed by atoms with Crippen LogP contribution in [0.4, 0.5) is 28.4 Å². The number of amidine groups is 1. The van der Waals surface area contributed by atoms with Gasteiger partial charge < -0.3 is 24.3 Å². The fourth-order valence-corrected chi connectivity index (χ4v) is 3.55. The molecule has 202 valence electrons. The van der Waals surface area contributed by atoms with Gasteiger partial charge in [-0.2, -0.15) is 17.7 Å². The normalized spacial score (nSPS) is 17.1. The van der Waals surface area contributed by atoms with Crippen molar-refractivity contribution in [2.75, 3.05) is 13.6 Å². The Morgan fingerprint density at radius 3 is 2.13 bits per heavy atom. The number of nitrogens with zero attached hydrogens (tertiary/aromatic N) is 3. The van der Waals surface area contributed by atoms with E-state index in [1.54, 1.807) is 20.8 Å². The van der Waals surface area contributed by atoms with E-state index in [1.807, 2.05) is 0 Å². The summed E-state index contributed by atoms with van der Waals surface area (Å²) in [5.74, 6) is -0.667. The van der Waals surface area contributed by atoms with Crippen molar-refractivity contribution in [2.45, 2.75) is 39.0 Å². The summed E-state index contributed by atoms with van der Waals surface area (Å²) in [4.78, 5) is 42.4. The molecule has 0 saturated carbocycles. The van der Waals surface area contributed by atoms with Crippen molar-refractivity contribution in [2.24, 2.45) is 4.99 Å². The van der Waals surface area contributed by atoms with Crippen LogP contribution in [-0.4, -0.2) is 48.1 Å². The number of carbonyl (C=O) groups excluding carboxylic acids is 3. The first-order valence-electron chi connectivity index (χ1n) is 11.4. The lowest BCUT2D eigenvalue weighted by atomic mass is 10.1. The molecule has 2 aromatic rings. The monoisotopic (exact) mass is 533 g/mol. The molecule has 3 rings (SSSR count). The molecule has 12 heteroatoms. The molecule has 0 spiro atoms. The van der Waals surface area contributed by atoms with E-state index in [-0.39, 0.29) is 35.8 Å². The molecular weight excluding hydrogens is 507 g/mol. The zero-order valence-electron chi connectivity index (χ0n) is 21.1. The van der Waals surface area contributed by atoms with Gasteiger partial charge in [0.1, 0.15) is 23.2 Å². The first-order valence-corrected chi connectivity index (χ1v) is 11.4. The average Bonchev–Trinajstić information content (AvgIpc) is 3.26. The smallest absolute Gasteiger partial charge is 0.416 e. The summed E-state index contributed by atoms with van der Waals surface area (Å²) in [6.07, 6.45) is -3.89. The highest BCUT2D eigenvalue weighted by atomic mass is 19.4. The molecule has 1 unspecified atom stereocenters. The third-order valence-electron chi connectivity index (χ3n) is 5.49. The van der Waals surface area contributed by atoms with Crippen molar-refractivity contribution in [1.29, 1.82) is 0 Å². The molecule has 2 amide bonds. The summed E-state index contributed by atoms with van der Waals surface area (Å²) in [6, 6.07) is 9.03. The van der Waals surface area contributed by atoms with Gasteiger partial charge in [-0.1, -0.05) is 0 Å². The molecule has 0 saturated heterocycles. The maximum absolute atomic E-state index is 12.7. The number of esters is 1. The van der Waals surface area contributed by atoms with Crippen LogP contribution >= 0.6 is 0 Å². The van der Waals surface area contributed by atoms with Gasteiger partial charge >= 0.3 is 18.2 Å². The quantitative estimate of drug-likeness (QED) is 0.302. The lowest BCUT2D eigenvalue weighted by molar-refractivity contribution is -0.257. The molecule has 9 nitrogen and oxygen atoms in total. The Balaban J connectivity index is 1.73. The molecule has 1 aliphatic rings. The molecule has 0 bridgehead atoms. The number of benzene rings is 2. The van der Waals surface area contributed by atoms with Crippen LogP contribution in [0.2, 0.25) is 0 Å². The SMILES string of the molecule is CN(CCC1=NC=C[N+]1(C(=O)[O-])c1ccc(OC(=O)c2ccc(C(F)(F)F)cc2)cc1)C(=O)OC(C)(C)C. The largest absolute Gasteiger partial charge is 0.497 e. The van der Waals surface area contributed by atoms with E-state index < -0.39 is 40.0 Å². The lowest BCUT2D eigenvalue weighted by Gasteiger charge is -2.32. The van der Waals surface area contributed by atoms with Crippen LogP contribution in [0.1, 0.15) is 43.1 Å². The third kappa shape index (κ3) is 6.38. The average molecular weight is 534 g/mol. The Morgan fingerprint density at radius 1 is 1.00 bits per heavy atom. The Labute approximate surface area is 217 Å². The van der Waals surface area contributed by atoms with E-state index in [2.05, 4.69) is 4.99 Å². The number of quaternary nitrogens is 1. The molecule has 38 heavy (non-hydrogen) atoms. The van der Waals surface area contributed by atoms with Gasteiger partial charge in [-0.25, -0.2) is 14.6 Å². The Hall–Kier alpha value is -4.19. The van der Waals surface area contributed by atoms with E-state index in [4.69, 9.17) is 9.47 Å². The first-order chi connectivity index (χ1) is 17.6. The number of ether oxygens (including phenoxy) is 2. The van der Waals surface area contributed by atoms with Gasteiger partial charge in [0.25, 0.3) is 6.09 Å². The number of carbonyl (C=O) groups is 3. The second-order valence-corrected chi connectivity index (χ2v) is 9.44. The predicted molar refractivity (Wildman–Crippen MR) is 130 cm³/mol. The number of hydrogen-bond donors (Lipinski definition) is 0. The highest BCUT2D eigenvalue weighted by molar-refractivity contribution is 6.10. The predicted octanol–water partition coefficient (Wildman–Crippen LogP) is 4.72. The molecule has 0 radical (unpaired) electrons. The third-order valence-corrected chi connectivity index (χ3v) is 5.49. The van der Waals surface area contributed by atoms with E-state index in [0.29, 0.717) is 0 Å². The van der Waals surface area contributed by atoms with Gasteiger partial charge in [0.2, 0.25) is 5.84 Å². The van der Waals surface area contributed by atoms with E-state index in [0.717, 1.165) is 24.3 Å². The summed E-state index contributed by atoms with van der Waals surface area (Å²) < 4.78 is 47.8. The summed E-state index contributed by atoms with van der Waals surface area (Å²) in [5, 5.41) is 12.3. The van der Waals surface area contributed by atoms with Gasteiger partial charge in [0, 0.05) is 25.7 Å². The Bertz CT molecular complexity index is 1270. The second-order valence-electron chi connectivity index (χ2n) is 9.44. The maximum Gasteiger partial charge on any atom is 0.416 e. The van der Waals surface area contributed by atoms with Crippen LogP contribution in [0, 0.1) is 0 Å². The van der Waals surface area contributed by atoms with E-state index in [9.17, 15) is 32.7 Å². The Morgan fingerprint density at radius 2 is 1.61 bits per heavy atom. The number of amides is 2. The fraction of sp³-hybridized carbons (Fsp3) is 0.308. The number of halogens is 3. The van der Waals surface area contributed by atoms with Crippen LogP contribution in [-0.2, 0) is 10.9 Å². The minimum absolute atomic E-state index is 0.0430. The minimum Gasteiger partial charge on any atom is -0.497 e. The number of hydrogen-bond acceptors (Lipinski definition) is 7. The summed E-state index contributed by atoms with van der Waals surface area (Å²) in [5.41, 5.74) is -1.47. The number of carboxylic acid groups (broad SMARTS) is 1. The molecule has 0 aliphatic carbocycles. The highest BCUT2D eigenvalue weighted by Gasteiger charge is 2.41. The lowest BCUT2D eigenvalue weighted by Crippen LogP contribution is -2.59. The molecule has 0 N–H and O–H groups in total. The van der Waals surface area contributed by atoms with Crippen LogP contribution in [0.3, 0.4) is 0 Å². The topological polar surface area (TPSA) is 108 Å². The maximum atomic E-state index is 12.7. The zero-order valence-corrected chi connectivity index (χ0v) is 21.1. The summed E-state index contributed by atoms with van der Waals surface area (Å²) >= 11 is 0. The zero-order chi connectivity index (χ0) is 28.3. The highest BCUT2D eigenvalue weighted by Crippen LogP contribution is 2.32. The number of rotatable bonds is 6. The number of aliphatic imine (C=N–C) groups is 1. The van der Waals surface area contributed by atoms with Crippen LogP contribution in [0.5, 0.6) is 5.75 Å². The first kappa shape index (κ1) is 28.4. The molecular formula is C26H26F3N3O6. The van der Waals surface area contributed by atoms with Crippen molar-refractivity contribution >= 4 is 29.7 Å². The van der Waals surface area contributed by atoms with E-state index in [1.165, 1.54) is 48.6 Å². The van der Waals surface area contributed by atoms with Gasteiger partial charge in [-0.15, -0.1) is 0 Å². The van der Waals surface area contributed by atoms with Gasteiger partial charge in [-0.05, 0) is 57.2 Å². The second kappa shape index (κ2) is 10.7. The van der Waals surface area contributed by atoms with Crippen molar-refractivity contribution in [1.82, 2.24) is 9.38 Å². The van der Waals surface area contributed by atoms with Gasteiger partial charge in [0.15, 0.2) is 0 Å². The molecule has 0 fully saturated rings. The minimum atomic E-state index is -4.53. The van der Waals surface area contributed by atoms with Gasteiger partial charge in [0.05, 0.1) is 23.7 Å². The standard InChI is InChI=1S/C26H26F3N3O6/c1-25(2,3)38-23(34)31(4)15-13-21-30-14-16-32(21,24(35)36)19-9-11-20(12-10-19)37-22(33)17-5-7-18(8-6-17)26(27,28)29/h5-12,14,16H,13,15H2,1-4H3. The van der Waals surface area contributed by atoms with Crippen molar-refractivity contribution in [3.8, 4) is 5.75 Å². The molecule has 0 aromatic heterocycles. The van der Waals surface area contributed by atoms with Crippen LogP contribution < -0.4 is 14.3 Å². The molecule has 1 atom stereocenters. The molecule has 1 heterocycles. The van der Waals surface area contributed by atoms with Crippen LogP contribution in [0.25, 0.3) is 0 Å². The van der Waals surface area contributed by atoms with Crippen molar-refractivity contribution < 1.29 is 42.1 Å². The van der Waals surface area contributed by atoms with E-state index >= 15 is 0 Å². The summed E-state index contributed by atoms with van der Waals surface area (Å²) in [6.45, 7) is 5.30. The van der Waals surface area contributed by atoms with Gasteiger partial charge in [-0.3, -0.25) is 0 Å². The van der Waals surface area contributed by atoms with Crippen molar-refractivity contribution in [3.05, 3.63) is 72.1 Å². The number of alkyl halides is 3. The molecule has 2 aromatic carbocycles. The van der Waals surface area contributed by atoms with Crippen molar-refractivity contribution in [3.63, 3.8) is 0 Å². The molecule has 1 aliphatic heterocycles. The Kier molecular flexibility index (Phi) is 7.96. The summed E-state index contributed by atoms with van der Waals surface area (Å²) in [7, 11) is 1.52.